The molecule has 0 unspecified atom stereocenters. The van der Waals surface area contributed by atoms with Crippen LogP contribution in [-0.4, -0.2) is 13.4 Å². The number of aromatic nitrogens is 1. The molecule has 0 saturated carbocycles. The fourth-order valence-corrected chi connectivity index (χ4v) is 5.66. The zero-order chi connectivity index (χ0) is 17.2. The lowest BCUT2D eigenvalue weighted by Crippen LogP contribution is -2.14. The third-order valence-corrected chi connectivity index (χ3v) is 6.77. The van der Waals surface area contributed by atoms with Crippen LogP contribution in [0.2, 0.25) is 10.0 Å². The van der Waals surface area contributed by atoms with Crippen molar-refractivity contribution in [3.8, 4) is 0 Å². The van der Waals surface area contributed by atoms with E-state index in [9.17, 15) is 8.42 Å². The van der Waals surface area contributed by atoms with Crippen LogP contribution in [0, 0.1) is 13.8 Å². The molecule has 1 aromatic heterocycles. The Labute approximate surface area is 150 Å². The number of rotatable bonds is 6. The van der Waals surface area contributed by atoms with Gasteiger partial charge in [0.1, 0.15) is 4.90 Å². The highest BCUT2D eigenvalue weighted by Gasteiger charge is 2.23. The van der Waals surface area contributed by atoms with E-state index >= 15 is 0 Å². The lowest BCUT2D eigenvalue weighted by Gasteiger charge is -2.10. The number of sulfonamides is 1. The molecular formula is C15H18Cl2N2O2S2. The van der Waals surface area contributed by atoms with E-state index in [2.05, 4.69) is 16.6 Å². The van der Waals surface area contributed by atoms with Crippen LogP contribution in [0.15, 0.2) is 17.0 Å². The number of aryl methyl sites for hydroxylation is 3. The Hall–Kier alpha value is -0.820. The first-order chi connectivity index (χ1) is 10.7. The highest BCUT2D eigenvalue weighted by atomic mass is 35.5. The van der Waals surface area contributed by atoms with Gasteiger partial charge >= 0.3 is 0 Å². The molecule has 0 aliphatic carbocycles. The molecule has 1 N–H and O–H groups in total. The number of unbranched alkanes of at least 4 members (excludes halogenated alkanes) is 1. The smallest absolute Gasteiger partial charge is 0.255 e. The quantitative estimate of drug-likeness (QED) is 0.733. The summed E-state index contributed by atoms with van der Waals surface area (Å²) in [6.45, 7) is 5.66. The van der Waals surface area contributed by atoms with E-state index in [0.717, 1.165) is 29.8 Å². The van der Waals surface area contributed by atoms with Crippen molar-refractivity contribution >= 4 is 49.7 Å². The van der Waals surface area contributed by atoms with Gasteiger partial charge in [-0.25, -0.2) is 13.4 Å². The summed E-state index contributed by atoms with van der Waals surface area (Å²) in [5.41, 5.74) is 1.36. The molecular weight excluding hydrogens is 375 g/mol. The molecule has 0 radical (unpaired) electrons. The number of nitrogens with one attached hydrogen (secondary N) is 1. The van der Waals surface area contributed by atoms with E-state index in [1.165, 1.54) is 17.4 Å². The summed E-state index contributed by atoms with van der Waals surface area (Å²) in [6, 6.07) is 2.99. The second-order valence-electron chi connectivity index (χ2n) is 5.27. The Balaban J connectivity index is 2.32. The van der Waals surface area contributed by atoms with Crippen molar-refractivity contribution in [3.05, 3.63) is 38.3 Å². The Kier molecular flexibility index (Phi) is 5.94. The van der Waals surface area contributed by atoms with Crippen molar-refractivity contribution in [2.45, 2.75) is 44.9 Å². The van der Waals surface area contributed by atoms with Crippen LogP contribution >= 0.6 is 34.5 Å². The SMILES string of the molecule is CCCCc1sc(NS(=O)(=O)c2c(C)cc(Cl)cc2Cl)nc1C. The summed E-state index contributed by atoms with van der Waals surface area (Å²) in [6.07, 6.45) is 3.04. The summed E-state index contributed by atoms with van der Waals surface area (Å²) in [5.74, 6) is 0. The van der Waals surface area contributed by atoms with Gasteiger partial charge in [-0.1, -0.05) is 36.5 Å². The minimum Gasteiger partial charge on any atom is -0.255 e. The minimum atomic E-state index is -3.81. The highest BCUT2D eigenvalue weighted by molar-refractivity contribution is 7.93. The van der Waals surface area contributed by atoms with E-state index in [1.807, 2.05) is 6.92 Å². The number of hydrogen-bond donors (Lipinski definition) is 1. The molecule has 2 aromatic rings. The maximum atomic E-state index is 12.6. The van der Waals surface area contributed by atoms with Crippen molar-refractivity contribution in [3.63, 3.8) is 0 Å². The van der Waals surface area contributed by atoms with Crippen LogP contribution < -0.4 is 4.72 Å². The fraction of sp³-hybridized carbons (Fsp3) is 0.400. The number of benzene rings is 1. The van der Waals surface area contributed by atoms with Gasteiger partial charge < -0.3 is 0 Å². The molecule has 1 aromatic carbocycles. The summed E-state index contributed by atoms with van der Waals surface area (Å²) < 4.78 is 27.8. The molecule has 1 heterocycles. The average Bonchev–Trinajstić information content (AvgIpc) is 2.73. The molecule has 0 amide bonds. The maximum Gasteiger partial charge on any atom is 0.265 e. The van der Waals surface area contributed by atoms with E-state index in [-0.39, 0.29) is 9.92 Å². The number of nitrogens with zero attached hydrogens (tertiary/aromatic N) is 1. The largest absolute Gasteiger partial charge is 0.265 e. The number of halogens is 2. The van der Waals surface area contributed by atoms with Crippen LogP contribution in [0.1, 0.15) is 35.9 Å². The third-order valence-electron chi connectivity index (χ3n) is 3.33. The van der Waals surface area contributed by atoms with Crippen LogP contribution in [-0.2, 0) is 16.4 Å². The normalized spacial score (nSPS) is 11.7. The zero-order valence-electron chi connectivity index (χ0n) is 13.1. The van der Waals surface area contributed by atoms with Crippen LogP contribution in [0.25, 0.3) is 0 Å². The van der Waals surface area contributed by atoms with Crippen molar-refractivity contribution < 1.29 is 8.42 Å². The van der Waals surface area contributed by atoms with E-state index in [1.54, 1.807) is 13.0 Å². The second-order valence-corrected chi connectivity index (χ2v) is 8.82. The predicted octanol–water partition coefficient (Wildman–Crippen LogP) is 5.21. The predicted molar refractivity (Wildman–Crippen MR) is 97.5 cm³/mol. The topological polar surface area (TPSA) is 59.1 Å². The minimum absolute atomic E-state index is 0.0338. The van der Waals surface area contributed by atoms with E-state index < -0.39 is 10.0 Å². The van der Waals surface area contributed by atoms with Gasteiger partial charge in [-0.2, -0.15) is 0 Å². The Morgan fingerprint density at radius 1 is 1.26 bits per heavy atom. The van der Waals surface area contributed by atoms with Gasteiger partial charge in [0.25, 0.3) is 10.0 Å². The molecule has 2 rings (SSSR count). The van der Waals surface area contributed by atoms with Gasteiger partial charge in [0.05, 0.1) is 10.7 Å². The monoisotopic (exact) mass is 392 g/mol. The Morgan fingerprint density at radius 2 is 1.96 bits per heavy atom. The van der Waals surface area contributed by atoms with Gasteiger partial charge in [0, 0.05) is 9.90 Å². The second kappa shape index (κ2) is 7.38. The Bertz CT molecular complexity index is 794. The molecule has 0 bridgehead atoms. The van der Waals surface area contributed by atoms with Crippen molar-refractivity contribution in [1.82, 2.24) is 4.98 Å². The molecule has 0 atom stereocenters. The van der Waals surface area contributed by atoms with Gasteiger partial charge in [0.15, 0.2) is 5.13 Å². The number of anilines is 1. The number of hydrogen-bond acceptors (Lipinski definition) is 4. The molecule has 0 saturated heterocycles. The molecule has 8 heteroatoms. The fourth-order valence-electron chi connectivity index (χ4n) is 2.24. The van der Waals surface area contributed by atoms with Gasteiger partial charge in [-0.05, 0) is 44.4 Å². The summed E-state index contributed by atoms with van der Waals surface area (Å²) in [7, 11) is -3.81. The van der Waals surface area contributed by atoms with Crippen LogP contribution in [0.3, 0.4) is 0 Å². The molecule has 0 aliphatic rings. The van der Waals surface area contributed by atoms with Gasteiger partial charge in [-0.15, -0.1) is 11.3 Å². The molecule has 23 heavy (non-hydrogen) atoms. The molecule has 126 valence electrons. The first-order valence-corrected chi connectivity index (χ1v) is 10.2. The van der Waals surface area contributed by atoms with Crippen LogP contribution in [0.5, 0.6) is 0 Å². The van der Waals surface area contributed by atoms with E-state index in [0.29, 0.717) is 15.7 Å². The highest BCUT2D eigenvalue weighted by Crippen LogP contribution is 2.32. The first kappa shape index (κ1) is 18.5. The first-order valence-electron chi connectivity index (χ1n) is 7.19. The van der Waals surface area contributed by atoms with Crippen LogP contribution in [0.4, 0.5) is 5.13 Å². The standard InChI is InChI=1S/C15H18Cl2N2O2S2/c1-4-5-6-13-10(3)18-15(22-13)19-23(20,21)14-9(2)7-11(16)8-12(14)17/h7-8H,4-6H2,1-3H3,(H,18,19). The van der Waals surface area contributed by atoms with Gasteiger partial charge in [-0.3, -0.25) is 4.72 Å². The molecule has 0 fully saturated rings. The average molecular weight is 393 g/mol. The third kappa shape index (κ3) is 4.38. The maximum absolute atomic E-state index is 12.6. The van der Waals surface area contributed by atoms with Crippen molar-refractivity contribution in [2.24, 2.45) is 0 Å². The molecule has 4 nitrogen and oxygen atoms in total. The Morgan fingerprint density at radius 3 is 2.57 bits per heavy atom. The van der Waals surface area contributed by atoms with Crippen molar-refractivity contribution in [2.75, 3.05) is 4.72 Å². The summed E-state index contributed by atoms with van der Waals surface area (Å²) >= 11 is 13.3. The van der Waals surface area contributed by atoms with Gasteiger partial charge in [0.2, 0.25) is 0 Å². The molecule has 0 aliphatic heterocycles. The summed E-state index contributed by atoms with van der Waals surface area (Å²) in [5, 5.41) is 0.861. The van der Waals surface area contributed by atoms with Crippen molar-refractivity contribution in [1.29, 1.82) is 0 Å². The van der Waals surface area contributed by atoms with E-state index in [4.69, 9.17) is 23.2 Å². The lowest BCUT2D eigenvalue weighted by atomic mass is 10.2. The molecule has 0 spiro atoms. The lowest BCUT2D eigenvalue weighted by molar-refractivity contribution is 0.600. The summed E-state index contributed by atoms with van der Waals surface area (Å²) in [4.78, 5) is 5.44. The zero-order valence-corrected chi connectivity index (χ0v) is 16.3. The number of thiazole rings is 1.